The third-order valence-corrected chi connectivity index (χ3v) is 6.68. The summed E-state index contributed by atoms with van der Waals surface area (Å²) in [7, 11) is -1.56. The van der Waals surface area contributed by atoms with Crippen molar-refractivity contribution in [2.75, 3.05) is 0 Å². The van der Waals surface area contributed by atoms with Crippen LogP contribution in [0.5, 0.6) is 5.75 Å². The molecule has 33 heavy (non-hydrogen) atoms. The second-order valence-electron chi connectivity index (χ2n) is 6.52. The third-order valence-electron chi connectivity index (χ3n) is 4.34. The zero-order valence-corrected chi connectivity index (χ0v) is 17.7. The number of aromatic carboxylic acids is 1. The van der Waals surface area contributed by atoms with Crippen LogP contribution in [0, 0.1) is 23.3 Å². The van der Waals surface area contributed by atoms with E-state index in [9.17, 15) is 27.5 Å². The van der Waals surface area contributed by atoms with Gasteiger partial charge in [-0.05, 0) is 42.5 Å². The monoisotopic (exact) mass is 472 g/mol. The minimum atomic E-state index is -1.56. The predicted octanol–water partition coefficient (Wildman–Crippen LogP) is 5.80. The summed E-state index contributed by atoms with van der Waals surface area (Å²) in [6.45, 7) is 0. The van der Waals surface area contributed by atoms with Gasteiger partial charge in [0.2, 0.25) is 9.79 Å². The molecule has 4 aromatic rings. The lowest BCUT2D eigenvalue weighted by Gasteiger charge is -2.10. The first kappa shape index (κ1) is 23.9. The zero-order valence-electron chi connectivity index (χ0n) is 16.8. The molecule has 0 saturated heterocycles. The van der Waals surface area contributed by atoms with Crippen molar-refractivity contribution in [3.63, 3.8) is 0 Å². The molecule has 0 unspecified atom stereocenters. The molecule has 3 nitrogen and oxygen atoms in total. The van der Waals surface area contributed by atoms with E-state index >= 15 is 0 Å². The van der Waals surface area contributed by atoms with Gasteiger partial charge in [-0.15, -0.1) is 0 Å². The molecular weight excluding hydrogens is 456 g/mol. The van der Waals surface area contributed by atoms with Crippen LogP contribution in [0.2, 0.25) is 0 Å². The number of carboxylic acids is 1. The average molecular weight is 472 g/mol. The number of hydrogen-bond acceptors (Lipinski definition) is 2. The molecule has 0 amide bonds. The molecule has 0 radical (unpaired) electrons. The fourth-order valence-corrected chi connectivity index (χ4v) is 5.05. The van der Waals surface area contributed by atoms with Gasteiger partial charge < -0.3 is 10.2 Å². The normalized spacial score (nSPS) is 10.5. The Labute approximate surface area is 189 Å². The first-order valence-corrected chi connectivity index (χ1v) is 10.7. The van der Waals surface area contributed by atoms with Crippen LogP contribution in [-0.4, -0.2) is 11.1 Å². The van der Waals surface area contributed by atoms with Gasteiger partial charge in [0.05, 0.1) is 5.56 Å². The van der Waals surface area contributed by atoms with Crippen molar-refractivity contribution in [1.82, 2.24) is 0 Å². The Morgan fingerprint density at radius 1 is 0.636 bits per heavy atom. The Hall–Kier alpha value is -3.78. The van der Waals surface area contributed by atoms with Crippen molar-refractivity contribution in [3.05, 3.63) is 120 Å². The average Bonchev–Trinajstić information content (AvgIpc) is 2.79. The lowest BCUT2D eigenvalue weighted by Crippen LogP contribution is -2.13. The van der Waals surface area contributed by atoms with Crippen LogP contribution in [0.25, 0.3) is 0 Å². The third kappa shape index (κ3) is 5.53. The second kappa shape index (κ2) is 10.7. The van der Waals surface area contributed by atoms with Crippen molar-refractivity contribution >= 4 is 16.9 Å². The van der Waals surface area contributed by atoms with Crippen LogP contribution in [0.3, 0.4) is 0 Å². The highest BCUT2D eigenvalue weighted by molar-refractivity contribution is 7.97. The standard InChI is InChI=1S/C18H11F4S.C7H6O3/c19-13-8-4-9-14(20)17(13)23(12-6-2-1-3-7-12)18-15(21)10-5-11-16(18)22;8-6-4-2-1-3-5(6)7(9)10/h1-11H;1-4,8H,(H,9,10)/q+1;/p-1. The summed E-state index contributed by atoms with van der Waals surface area (Å²) < 4.78 is 57.0. The van der Waals surface area contributed by atoms with Gasteiger partial charge in [-0.1, -0.05) is 54.3 Å². The molecule has 0 aliphatic heterocycles. The van der Waals surface area contributed by atoms with Crippen molar-refractivity contribution in [2.45, 2.75) is 14.7 Å². The summed E-state index contributed by atoms with van der Waals surface area (Å²) in [5.74, 6) is -4.96. The molecule has 0 fully saturated rings. The van der Waals surface area contributed by atoms with Gasteiger partial charge >= 0.3 is 5.97 Å². The number of halogens is 4. The van der Waals surface area contributed by atoms with E-state index in [2.05, 4.69) is 0 Å². The van der Waals surface area contributed by atoms with E-state index in [1.807, 2.05) is 0 Å². The minimum Gasteiger partial charge on any atom is -0.872 e. The van der Waals surface area contributed by atoms with Gasteiger partial charge in [-0.2, -0.15) is 0 Å². The van der Waals surface area contributed by atoms with Gasteiger partial charge in [0, 0.05) is 0 Å². The smallest absolute Gasteiger partial charge is 0.335 e. The van der Waals surface area contributed by atoms with E-state index < -0.39 is 45.9 Å². The minimum absolute atomic E-state index is 0.178. The van der Waals surface area contributed by atoms with E-state index in [4.69, 9.17) is 5.11 Å². The van der Waals surface area contributed by atoms with Crippen molar-refractivity contribution < 1.29 is 32.6 Å². The maximum atomic E-state index is 14.3. The van der Waals surface area contributed by atoms with Crippen LogP contribution in [0.1, 0.15) is 10.4 Å². The Morgan fingerprint density at radius 3 is 1.45 bits per heavy atom. The van der Waals surface area contributed by atoms with Crippen LogP contribution < -0.4 is 5.11 Å². The number of para-hydroxylation sites is 1. The Morgan fingerprint density at radius 2 is 1.06 bits per heavy atom. The Balaban J connectivity index is 0.000000257. The first-order chi connectivity index (χ1) is 15.8. The number of carboxylic acid groups (broad SMARTS) is 1. The zero-order chi connectivity index (χ0) is 24.0. The van der Waals surface area contributed by atoms with Crippen LogP contribution in [-0.2, 0) is 10.9 Å². The molecule has 4 aromatic carbocycles. The van der Waals surface area contributed by atoms with Crippen molar-refractivity contribution in [2.24, 2.45) is 0 Å². The van der Waals surface area contributed by atoms with Gasteiger partial charge in [-0.25, -0.2) is 22.4 Å². The molecule has 0 aliphatic carbocycles. The van der Waals surface area contributed by atoms with Gasteiger partial charge in [0.25, 0.3) is 0 Å². The van der Waals surface area contributed by atoms with Crippen LogP contribution >= 0.6 is 0 Å². The van der Waals surface area contributed by atoms with E-state index in [1.165, 1.54) is 36.4 Å². The van der Waals surface area contributed by atoms with Gasteiger partial charge in [0.1, 0.15) is 10.9 Å². The van der Waals surface area contributed by atoms with E-state index in [0.717, 1.165) is 24.3 Å². The molecule has 0 heterocycles. The SMILES string of the molecule is Fc1cccc(F)c1[S+](c1ccccc1)c1c(F)cccc1F.O=C(O)c1ccccc1[O-]. The first-order valence-electron chi connectivity index (χ1n) is 9.48. The fraction of sp³-hybridized carbons (Fsp3) is 0. The maximum absolute atomic E-state index is 14.3. The number of hydrogen-bond donors (Lipinski definition) is 1. The summed E-state index contributed by atoms with van der Waals surface area (Å²) in [5, 5.41) is 19.0. The Kier molecular flexibility index (Phi) is 7.74. The largest absolute Gasteiger partial charge is 0.872 e. The molecular formula is C25H16F4O3S. The van der Waals surface area contributed by atoms with Crippen molar-refractivity contribution in [1.29, 1.82) is 0 Å². The Bertz CT molecular complexity index is 1170. The molecule has 1 N–H and O–H groups in total. The van der Waals surface area contributed by atoms with Gasteiger partial charge in [0.15, 0.2) is 28.2 Å². The molecule has 0 spiro atoms. The van der Waals surface area contributed by atoms with E-state index in [0.29, 0.717) is 4.90 Å². The summed E-state index contributed by atoms with van der Waals surface area (Å²) >= 11 is 0. The molecule has 0 atom stereocenters. The predicted molar refractivity (Wildman–Crippen MR) is 114 cm³/mol. The highest BCUT2D eigenvalue weighted by atomic mass is 32.2. The molecule has 8 heteroatoms. The lowest BCUT2D eigenvalue weighted by atomic mass is 10.2. The molecule has 0 aromatic heterocycles. The lowest BCUT2D eigenvalue weighted by molar-refractivity contribution is -0.268. The summed E-state index contributed by atoms with van der Waals surface area (Å²) in [6.07, 6.45) is 0. The maximum Gasteiger partial charge on any atom is 0.335 e. The highest BCUT2D eigenvalue weighted by Gasteiger charge is 2.39. The summed E-state index contributed by atoms with van der Waals surface area (Å²) in [6, 6.07) is 20.5. The number of carbonyl (C=O) groups is 1. The molecule has 168 valence electrons. The molecule has 0 saturated carbocycles. The molecule has 0 aliphatic rings. The number of benzene rings is 4. The molecule has 4 rings (SSSR count). The second-order valence-corrected chi connectivity index (χ2v) is 8.42. The highest BCUT2D eigenvalue weighted by Crippen LogP contribution is 2.36. The summed E-state index contributed by atoms with van der Waals surface area (Å²) in [5.41, 5.74) is -0.178. The van der Waals surface area contributed by atoms with E-state index in [-0.39, 0.29) is 15.4 Å². The van der Waals surface area contributed by atoms with Crippen molar-refractivity contribution in [3.8, 4) is 5.75 Å². The molecule has 0 bridgehead atoms. The topological polar surface area (TPSA) is 60.4 Å². The number of rotatable bonds is 4. The van der Waals surface area contributed by atoms with Crippen LogP contribution in [0.15, 0.2) is 106 Å². The van der Waals surface area contributed by atoms with Gasteiger partial charge in [-0.3, -0.25) is 0 Å². The summed E-state index contributed by atoms with van der Waals surface area (Å²) in [4.78, 5) is 9.96. The van der Waals surface area contributed by atoms with E-state index in [1.54, 1.807) is 30.3 Å². The quantitative estimate of drug-likeness (QED) is 0.302. The van der Waals surface area contributed by atoms with Crippen LogP contribution in [0.4, 0.5) is 17.6 Å². The fourth-order valence-electron chi connectivity index (χ4n) is 2.89.